The normalized spacial score (nSPS) is 17.2. The molecule has 1 amide bonds. The van der Waals surface area contributed by atoms with Gasteiger partial charge in [0.2, 0.25) is 5.75 Å². The van der Waals surface area contributed by atoms with Gasteiger partial charge in [0.05, 0.1) is 12.3 Å². The van der Waals surface area contributed by atoms with Crippen LogP contribution in [0.25, 0.3) is 0 Å². The maximum absolute atomic E-state index is 12.4. The lowest BCUT2D eigenvalue weighted by atomic mass is 10.0. The Balaban J connectivity index is 1.50. The van der Waals surface area contributed by atoms with E-state index in [1.807, 2.05) is 39.8 Å². The Bertz CT molecular complexity index is 954. The lowest BCUT2D eigenvalue weighted by Gasteiger charge is -2.39. The fourth-order valence-electron chi connectivity index (χ4n) is 3.99. The molecular weight excluding hydrogens is 410 g/mol. The number of nitrogens with zero attached hydrogens (tertiary/aromatic N) is 5. The number of likely N-dealkylation sites (tertiary alicyclic amines) is 1. The summed E-state index contributed by atoms with van der Waals surface area (Å²) in [5, 5.41) is 0. The van der Waals surface area contributed by atoms with E-state index >= 15 is 0 Å². The highest BCUT2D eigenvalue weighted by molar-refractivity contribution is 5.68. The van der Waals surface area contributed by atoms with E-state index < -0.39 is 5.60 Å². The summed E-state index contributed by atoms with van der Waals surface area (Å²) in [6, 6.07) is 3.93. The number of hydrogen-bond acceptors (Lipinski definition) is 8. The van der Waals surface area contributed by atoms with Crippen LogP contribution in [0.1, 0.15) is 45.7 Å². The van der Waals surface area contributed by atoms with E-state index in [1.165, 1.54) is 6.33 Å². The predicted molar refractivity (Wildman–Crippen MR) is 119 cm³/mol. The Kier molecular flexibility index (Phi) is 6.34. The monoisotopic (exact) mass is 441 g/mol. The summed E-state index contributed by atoms with van der Waals surface area (Å²) in [4.78, 5) is 29.7. The first-order valence-corrected chi connectivity index (χ1v) is 11.1. The van der Waals surface area contributed by atoms with Crippen molar-refractivity contribution in [1.29, 1.82) is 0 Å². The van der Waals surface area contributed by atoms with Crippen molar-refractivity contribution in [3.8, 4) is 17.4 Å². The maximum atomic E-state index is 12.4. The summed E-state index contributed by atoms with van der Waals surface area (Å²) < 4.78 is 17.6. The molecule has 0 aromatic carbocycles. The molecule has 0 spiro atoms. The van der Waals surface area contributed by atoms with Gasteiger partial charge in [-0.25, -0.2) is 9.78 Å². The summed E-state index contributed by atoms with van der Waals surface area (Å²) in [6.07, 6.45) is 5.53. The molecule has 0 bridgehead atoms. The summed E-state index contributed by atoms with van der Waals surface area (Å²) >= 11 is 0. The molecule has 1 saturated heterocycles. The topological polar surface area (TPSA) is 89.9 Å². The van der Waals surface area contributed by atoms with Crippen molar-refractivity contribution in [2.45, 2.75) is 58.6 Å². The number of amides is 1. The van der Waals surface area contributed by atoms with Crippen LogP contribution in [-0.2, 0) is 4.74 Å². The van der Waals surface area contributed by atoms with Gasteiger partial charge in [-0.05, 0) is 59.1 Å². The second-order valence-electron chi connectivity index (χ2n) is 9.11. The number of aryl methyl sites for hydroxylation is 1. The van der Waals surface area contributed by atoms with E-state index in [-0.39, 0.29) is 12.1 Å². The van der Waals surface area contributed by atoms with Crippen LogP contribution in [0.15, 0.2) is 24.7 Å². The van der Waals surface area contributed by atoms with Gasteiger partial charge in [-0.15, -0.1) is 0 Å². The van der Waals surface area contributed by atoms with E-state index in [4.69, 9.17) is 14.2 Å². The van der Waals surface area contributed by atoms with Gasteiger partial charge < -0.3 is 24.0 Å². The van der Waals surface area contributed by atoms with Gasteiger partial charge in [0.25, 0.3) is 5.88 Å². The van der Waals surface area contributed by atoms with Crippen LogP contribution in [0.2, 0.25) is 0 Å². The molecule has 4 heterocycles. The van der Waals surface area contributed by atoms with Gasteiger partial charge in [-0.3, -0.25) is 4.98 Å². The first-order chi connectivity index (χ1) is 15.3. The number of anilines is 1. The highest BCUT2D eigenvalue weighted by Crippen LogP contribution is 2.40. The molecule has 2 aromatic rings. The number of aromatic nitrogens is 3. The van der Waals surface area contributed by atoms with Crippen molar-refractivity contribution in [2.24, 2.45) is 0 Å². The number of carbonyl (C=O) groups excluding carboxylic acids is 1. The van der Waals surface area contributed by atoms with Crippen molar-refractivity contribution in [3.63, 3.8) is 0 Å². The molecule has 0 saturated carbocycles. The van der Waals surface area contributed by atoms with Crippen LogP contribution in [0.5, 0.6) is 17.4 Å². The SMILES string of the molecule is Cc1ncccc1Oc1ncnc2c1OCCCN2C1CCN(C(=O)OC(C)(C)C)CC1. The lowest BCUT2D eigenvalue weighted by molar-refractivity contribution is 0.0204. The summed E-state index contributed by atoms with van der Waals surface area (Å²) in [7, 11) is 0. The van der Waals surface area contributed by atoms with Crippen LogP contribution >= 0.6 is 0 Å². The molecule has 4 rings (SSSR count). The van der Waals surface area contributed by atoms with E-state index in [0.717, 1.165) is 37.3 Å². The van der Waals surface area contributed by atoms with Crippen LogP contribution in [0.3, 0.4) is 0 Å². The number of hydrogen-bond donors (Lipinski definition) is 0. The van der Waals surface area contributed by atoms with E-state index in [9.17, 15) is 4.79 Å². The van der Waals surface area contributed by atoms with Gasteiger partial charge in [0, 0.05) is 31.9 Å². The smallest absolute Gasteiger partial charge is 0.410 e. The third kappa shape index (κ3) is 5.03. The second-order valence-corrected chi connectivity index (χ2v) is 9.11. The van der Waals surface area contributed by atoms with Crippen molar-refractivity contribution >= 4 is 11.9 Å². The molecule has 9 nitrogen and oxygen atoms in total. The van der Waals surface area contributed by atoms with Crippen molar-refractivity contribution in [3.05, 3.63) is 30.4 Å². The molecule has 1 fully saturated rings. The third-order valence-corrected chi connectivity index (χ3v) is 5.54. The van der Waals surface area contributed by atoms with Crippen molar-refractivity contribution in [1.82, 2.24) is 19.9 Å². The Morgan fingerprint density at radius 2 is 1.94 bits per heavy atom. The molecule has 0 aliphatic carbocycles. The second kappa shape index (κ2) is 9.18. The predicted octanol–water partition coefficient (Wildman–Crippen LogP) is 3.96. The summed E-state index contributed by atoms with van der Waals surface area (Å²) in [6.45, 7) is 10.2. The van der Waals surface area contributed by atoms with Crippen molar-refractivity contribution < 1.29 is 19.0 Å². The van der Waals surface area contributed by atoms with E-state index in [2.05, 4.69) is 19.9 Å². The van der Waals surface area contributed by atoms with Gasteiger partial charge in [0.15, 0.2) is 11.6 Å². The number of rotatable bonds is 3. The lowest BCUT2D eigenvalue weighted by Crippen LogP contribution is -2.48. The zero-order valence-electron chi connectivity index (χ0n) is 19.2. The Morgan fingerprint density at radius 3 is 2.66 bits per heavy atom. The van der Waals surface area contributed by atoms with E-state index in [1.54, 1.807) is 11.1 Å². The molecular formula is C23H31N5O4. The van der Waals surface area contributed by atoms with Crippen LogP contribution in [0.4, 0.5) is 10.6 Å². The number of carbonyl (C=O) groups is 1. The third-order valence-electron chi connectivity index (χ3n) is 5.54. The quantitative estimate of drug-likeness (QED) is 0.707. The zero-order chi connectivity index (χ0) is 22.7. The molecule has 2 aliphatic rings. The van der Waals surface area contributed by atoms with Gasteiger partial charge in [0.1, 0.15) is 11.9 Å². The number of fused-ring (bicyclic) bond motifs is 1. The highest BCUT2D eigenvalue weighted by Gasteiger charge is 2.33. The molecule has 2 aliphatic heterocycles. The minimum atomic E-state index is -0.491. The van der Waals surface area contributed by atoms with Crippen LogP contribution < -0.4 is 14.4 Å². The van der Waals surface area contributed by atoms with Gasteiger partial charge in [-0.1, -0.05) is 0 Å². The molecule has 32 heavy (non-hydrogen) atoms. The molecule has 2 aromatic heterocycles. The van der Waals surface area contributed by atoms with E-state index in [0.29, 0.717) is 37.1 Å². The number of piperidine rings is 1. The first-order valence-electron chi connectivity index (χ1n) is 11.1. The molecule has 0 unspecified atom stereocenters. The maximum Gasteiger partial charge on any atom is 0.410 e. The minimum absolute atomic E-state index is 0.247. The van der Waals surface area contributed by atoms with Crippen LogP contribution in [0, 0.1) is 6.92 Å². The molecule has 9 heteroatoms. The molecule has 172 valence electrons. The zero-order valence-corrected chi connectivity index (χ0v) is 19.2. The molecule has 0 N–H and O–H groups in total. The first kappa shape index (κ1) is 22.1. The summed E-state index contributed by atoms with van der Waals surface area (Å²) in [5.41, 5.74) is 0.287. The average Bonchev–Trinajstić information content (AvgIpc) is 2.98. The highest BCUT2D eigenvalue weighted by atomic mass is 16.6. The van der Waals surface area contributed by atoms with Crippen molar-refractivity contribution in [2.75, 3.05) is 31.1 Å². The van der Waals surface area contributed by atoms with Gasteiger partial charge in [-0.2, -0.15) is 4.98 Å². The molecule has 0 atom stereocenters. The molecule has 0 radical (unpaired) electrons. The average molecular weight is 442 g/mol. The number of pyridine rings is 1. The standard InChI is InChI=1S/C23H31N5O4/c1-16-18(7-5-10-24-16)31-21-19-20(25-15-26-21)28(11-6-14-30-19)17-8-12-27(13-9-17)22(29)32-23(2,3)4/h5,7,10,15,17H,6,8-9,11-14H2,1-4H3. The van der Waals surface area contributed by atoms with Gasteiger partial charge >= 0.3 is 6.09 Å². The Hall–Kier alpha value is -3.10. The van der Waals surface area contributed by atoms with Crippen LogP contribution in [-0.4, -0.2) is 63.8 Å². The Morgan fingerprint density at radius 1 is 1.16 bits per heavy atom. The number of ether oxygens (including phenoxy) is 3. The fourth-order valence-corrected chi connectivity index (χ4v) is 3.99. The largest absolute Gasteiger partial charge is 0.485 e. The fraction of sp³-hybridized carbons (Fsp3) is 0.565. The summed E-state index contributed by atoms with van der Waals surface area (Å²) in [5.74, 6) is 2.33. The minimum Gasteiger partial charge on any atom is -0.485 e. The Labute approximate surface area is 188 Å².